The highest BCUT2D eigenvalue weighted by Gasteiger charge is 2.28. The first-order valence-electron chi connectivity index (χ1n) is 10.4. The van der Waals surface area contributed by atoms with E-state index in [9.17, 15) is 9.59 Å². The van der Waals surface area contributed by atoms with E-state index in [4.69, 9.17) is 9.47 Å². The molecule has 2 aliphatic rings. The molecule has 2 unspecified atom stereocenters. The zero-order valence-corrected chi connectivity index (χ0v) is 19.2. The number of anilines is 2. The molecule has 2 aromatic carbocycles. The molecule has 2 aliphatic heterocycles. The molecule has 1 fully saturated rings. The van der Waals surface area contributed by atoms with E-state index in [-0.39, 0.29) is 37.2 Å². The Balaban J connectivity index is 1.46. The van der Waals surface area contributed by atoms with Crippen molar-refractivity contribution in [3.8, 4) is 5.75 Å². The van der Waals surface area contributed by atoms with Crippen molar-refractivity contribution in [1.29, 1.82) is 0 Å². The zero-order chi connectivity index (χ0) is 22.0. The lowest BCUT2D eigenvalue weighted by molar-refractivity contribution is -0.123. The van der Waals surface area contributed by atoms with E-state index in [1.165, 1.54) is 4.90 Å². The van der Waals surface area contributed by atoms with Crippen LogP contribution in [0.3, 0.4) is 0 Å². The number of halogens is 1. The van der Waals surface area contributed by atoms with Crippen LogP contribution >= 0.6 is 15.9 Å². The van der Waals surface area contributed by atoms with Gasteiger partial charge >= 0.3 is 0 Å². The molecule has 0 bridgehead atoms. The molecular weight excluding hydrogens is 462 g/mol. The summed E-state index contributed by atoms with van der Waals surface area (Å²) in [6, 6.07) is 13.2. The van der Waals surface area contributed by atoms with Gasteiger partial charge in [-0.2, -0.15) is 0 Å². The van der Waals surface area contributed by atoms with Crippen LogP contribution in [-0.2, 0) is 20.9 Å². The molecule has 1 N–H and O–H groups in total. The van der Waals surface area contributed by atoms with Gasteiger partial charge < -0.3 is 14.8 Å². The minimum atomic E-state index is -0.250. The van der Waals surface area contributed by atoms with Crippen molar-refractivity contribution in [1.82, 2.24) is 4.90 Å². The first kappa shape index (κ1) is 21.8. The second-order valence-electron chi connectivity index (χ2n) is 8.04. The molecule has 2 amide bonds. The zero-order valence-electron chi connectivity index (χ0n) is 17.6. The predicted octanol–water partition coefficient (Wildman–Crippen LogP) is 3.42. The van der Waals surface area contributed by atoms with Crippen LogP contribution in [-0.4, -0.2) is 55.2 Å². The van der Waals surface area contributed by atoms with Crippen LogP contribution in [0.1, 0.15) is 19.4 Å². The molecule has 2 heterocycles. The van der Waals surface area contributed by atoms with E-state index < -0.39 is 0 Å². The first-order valence-corrected chi connectivity index (χ1v) is 11.2. The van der Waals surface area contributed by atoms with E-state index in [1.54, 1.807) is 12.1 Å². The van der Waals surface area contributed by atoms with Gasteiger partial charge in [0.25, 0.3) is 5.91 Å². The summed E-state index contributed by atoms with van der Waals surface area (Å²) in [5.41, 5.74) is 2.39. The van der Waals surface area contributed by atoms with Gasteiger partial charge in [-0.15, -0.1) is 0 Å². The Hall–Kier alpha value is -2.42. The summed E-state index contributed by atoms with van der Waals surface area (Å²) < 4.78 is 12.2. The molecule has 4 rings (SSSR count). The number of carbonyl (C=O) groups excluding carboxylic acids is 2. The number of hydrogen-bond donors (Lipinski definition) is 1. The maximum atomic E-state index is 12.9. The fraction of sp³-hybridized carbons (Fsp3) is 0.391. The quantitative estimate of drug-likeness (QED) is 0.699. The number of nitrogens with zero attached hydrogens (tertiary/aromatic N) is 2. The monoisotopic (exact) mass is 487 g/mol. The van der Waals surface area contributed by atoms with Crippen LogP contribution in [0, 0.1) is 0 Å². The lowest BCUT2D eigenvalue weighted by atomic mass is 10.1. The first-order chi connectivity index (χ1) is 14.9. The van der Waals surface area contributed by atoms with Crippen molar-refractivity contribution in [2.24, 2.45) is 0 Å². The van der Waals surface area contributed by atoms with Gasteiger partial charge in [0.15, 0.2) is 6.61 Å². The van der Waals surface area contributed by atoms with Crippen LogP contribution in [0.4, 0.5) is 11.4 Å². The number of amides is 2. The number of rotatable bonds is 5. The molecule has 0 aliphatic carbocycles. The molecule has 0 radical (unpaired) electrons. The highest BCUT2D eigenvalue weighted by Crippen LogP contribution is 2.34. The molecule has 164 valence electrons. The van der Waals surface area contributed by atoms with Crippen molar-refractivity contribution in [2.75, 3.05) is 36.5 Å². The topological polar surface area (TPSA) is 71.1 Å². The standard InChI is InChI=1S/C23H26BrN3O4/c1-15-10-26(11-16(2)31-15)12-17-5-3-4-6-19(17)25-22(28)13-27-20-8-7-18(24)9-21(20)30-14-23(27)29/h3-9,15-16H,10-14H2,1-2H3,(H,25,28). The normalized spacial score (nSPS) is 21.4. The second-order valence-corrected chi connectivity index (χ2v) is 8.95. The number of para-hydroxylation sites is 1. The van der Waals surface area contributed by atoms with E-state index in [0.717, 1.165) is 35.4 Å². The van der Waals surface area contributed by atoms with Gasteiger partial charge in [-0.3, -0.25) is 19.4 Å². The summed E-state index contributed by atoms with van der Waals surface area (Å²) in [6.45, 7) is 6.42. The van der Waals surface area contributed by atoms with Crippen LogP contribution in [0.2, 0.25) is 0 Å². The Labute approximate surface area is 190 Å². The Bertz CT molecular complexity index is 973. The smallest absolute Gasteiger partial charge is 0.265 e. The average molecular weight is 488 g/mol. The number of hydrogen-bond acceptors (Lipinski definition) is 5. The highest BCUT2D eigenvalue weighted by atomic mass is 79.9. The molecule has 0 saturated carbocycles. The van der Waals surface area contributed by atoms with Gasteiger partial charge in [-0.1, -0.05) is 34.1 Å². The summed E-state index contributed by atoms with van der Waals surface area (Å²) >= 11 is 3.40. The van der Waals surface area contributed by atoms with Gasteiger partial charge in [0.1, 0.15) is 12.3 Å². The van der Waals surface area contributed by atoms with Crippen LogP contribution in [0.5, 0.6) is 5.75 Å². The molecule has 1 saturated heterocycles. The van der Waals surface area contributed by atoms with Crippen molar-refractivity contribution >= 4 is 39.1 Å². The van der Waals surface area contributed by atoms with Gasteiger partial charge in [0.05, 0.1) is 17.9 Å². The molecule has 0 aromatic heterocycles. The lowest BCUT2D eigenvalue weighted by Crippen LogP contribution is -2.45. The Kier molecular flexibility index (Phi) is 6.60. The highest BCUT2D eigenvalue weighted by molar-refractivity contribution is 9.10. The Morgan fingerprint density at radius 3 is 2.68 bits per heavy atom. The maximum absolute atomic E-state index is 12.9. The number of fused-ring (bicyclic) bond motifs is 1. The van der Waals surface area contributed by atoms with Gasteiger partial charge in [-0.05, 0) is 43.7 Å². The SMILES string of the molecule is CC1CN(Cc2ccccc2NC(=O)CN2C(=O)COc3cc(Br)ccc32)CC(C)O1. The van der Waals surface area contributed by atoms with E-state index in [2.05, 4.69) is 40.0 Å². The minimum Gasteiger partial charge on any atom is -0.482 e. The van der Waals surface area contributed by atoms with Crippen molar-refractivity contribution in [3.05, 3.63) is 52.5 Å². The Morgan fingerprint density at radius 1 is 1.16 bits per heavy atom. The number of morpholine rings is 1. The predicted molar refractivity (Wildman–Crippen MR) is 122 cm³/mol. The summed E-state index contributed by atoms with van der Waals surface area (Å²) in [5, 5.41) is 2.99. The molecule has 2 atom stereocenters. The molecule has 2 aromatic rings. The van der Waals surface area contributed by atoms with Crippen LogP contribution < -0.4 is 15.0 Å². The van der Waals surface area contributed by atoms with E-state index >= 15 is 0 Å². The van der Waals surface area contributed by atoms with Crippen LogP contribution in [0.15, 0.2) is 46.9 Å². The van der Waals surface area contributed by atoms with Crippen molar-refractivity contribution in [2.45, 2.75) is 32.6 Å². The minimum absolute atomic E-state index is 0.0726. The third-order valence-corrected chi connectivity index (χ3v) is 5.84. The summed E-state index contributed by atoms with van der Waals surface area (Å²) in [6.07, 6.45) is 0.357. The fourth-order valence-electron chi connectivity index (χ4n) is 4.12. The molecule has 0 spiro atoms. The van der Waals surface area contributed by atoms with E-state index in [0.29, 0.717) is 11.4 Å². The molecule has 8 heteroatoms. The van der Waals surface area contributed by atoms with Crippen LogP contribution in [0.25, 0.3) is 0 Å². The molecular formula is C23H26BrN3O4. The summed E-state index contributed by atoms with van der Waals surface area (Å²) in [7, 11) is 0. The largest absolute Gasteiger partial charge is 0.482 e. The van der Waals surface area contributed by atoms with Gasteiger partial charge in [-0.25, -0.2) is 0 Å². The second kappa shape index (κ2) is 9.38. The fourth-order valence-corrected chi connectivity index (χ4v) is 4.46. The lowest BCUT2D eigenvalue weighted by Gasteiger charge is -2.35. The van der Waals surface area contributed by atoms with Gasteiger partial charge in [0.2, 0.25) is 5.91 Å². The molecule has 31 heavy (non-hydrogen) atoms. The van der Waals surface area contributed by atoms with Crippen molar-refractivity contribution in [3.63, 3.8) is 0 Å². The number of carbonyl (C=O) groups is 2. The third kappa shape index (κ3) is 5.26. The summed E-state index contributed by atoms with van der Waals surface area (Å²) in [5.74, 6) is 0.0903. The third-order valence-electron chi connectivity index (χ3n) is 5.35. The number of benzene rings is 2. The van der Waals surface area contributed by atoms with Crippen molar-refractivity contribution < 1.29 is 19.1 Å². The van der Waals surface area contributed by atoms with Gasteiger partial charge in [0, 0.05) is 29.8 Å². The molecule has 7 nitrogen and oxygen atoms in total. The number of nitrogens with one attached hydrogen (secondary N) is 1. The maximum Gasteiger partial charge on any atom is 0.265 e. The Morgan fingerprint density at radius 2 is 1.90 bits per heavy atom. The van der Waals surface area contributed by atoms with E-state index in [1.807, 2.05) is 30.3 Å². The summed E-state index contributed by atoms with van der Waals surface area (Å²) in [4.78, 5) is 29.1. The number of ether oxygens (including phenoxy) is 2. The average Bonchev–Trinajstić information content (AvgIpc) is 2.71.